The number of aryl methyl sites for hydroxylation is 1. The predicted octanol–water partition coefficient (Wildman–Crippen LogP) is 2.42. The van der Waals surface area contributed by atoms with Crippen LogP contribution in [0.2, 0.25) is 0 Å². The van der Waals surface area contributed by atoms with E-state index in [-0.39, 0.29) is 5.91 Å². The summed E-state index contributed by atoms with van der Waals surface area (Å²) in [4.78, 5) is 12.2. The number of ether oxygens (including phenoxy) is 1. The molecule has 5 N–H and O–H groups in total. The maximum Gasteiger partial charge on any atom is 0.255 e. The standard InChI is InChI=1S/C15H17N3O2/c1-9-5-13(20-2)3-4-14(9)18-15(19)10-6-11(16)8-12(17)7-10/h3-8H,16-17H2,1-2H3,(H,18,19). The number of nitrogens with one attached hydrogen (secondary N) is 1. The van der Waals surface area contributed by atoms with Gasteiger partial charge in [-0.25, -0.2) is 0 Å². The van der Waals surface area contributed by atoms with Crippen molar-refractivity contribution < 1.29 is 9.53 Å². The topological polar surface area (TPSA) is 90.4 Å². The molecule has 0 atom stereocenters. The third kappa shape index (κ3) is 3.00. The molecule has 5 heteroatoms. The largest absolute Gasteiger partial charge is 0.497 e. The molecule has 0 radical (unpaired) electrons. The second-order valence-corrected chi connectivity index (χ2v) is 4.52. The van der Waals surface area contributed by atoms with E-state index in [1.165, 1.54) is 0 Å². The lowest BCUT2D eigenvalue weighted by molar-refractivity contribution is 0.102. The fourth-order valence-corrected chi connectivity index (χ4v) is 1.91. The highest BCUT2D eigenvalue weighted by atomic mass is 16.5. The van der Waals surface area contributed by atoms with E-state index < -0.39 is 0 Å². The van der Waals surface area contributed by atoms with Crippen LogP contribution in [0.15, 0.2) is 36.4 Å². The number of methoxy groups -OCH3 is 1. The van der Waals surface area contributed by atoms with E-state index >= 15 is 0 Å². The zero-order chi connectivity index (χ0) is 14.7. The van der Waals surface area contributed by atoms with Gasteiger partial charge in [0.2, 0.25) is 0 Å². The van der Waals surface area contributed by atoms with Gasteiger partial charge in [0.15, 0.2) is 0 Å². The van der Waals surface area contributed by atoms with E-state index in [1.807, 2.05) is 13.0 Å². The molecule has 104 valence electrons. The van der Waals surface area contributed by atoms with Crippen molar-refractivity contribution in [3.8, 4) is 5.75 Å². The lowest BCUT2D eigenvalue weighted by Gasteiger charge is -2.10. The van der Waals surface area contributed by atoms with Crippen LogP contribution in [0.4, 0.5) is 17.1 Å². The van der Waals surface area contributed by atoms with Crippen LogP contribution < -0.4 is 21.5 Å². The third-order valence-electron chi connectivity index (χ3n) is 2.92. The molecule has 5 nitrogen and oxygen atoms in total. The summed E-state index contributed by atoms with van der Waals surface area (Å²) < 4.78 is 5.13. The fourth-order valence-electron chi connectivity index (χ4n) is 1.91. The van der Waals surface area contributed by atoms with Crippen molar-refractivity contribution in [2.45, 2.75) is 6.92 Å². The van der Waals surface area contributed by atoms with Crippen molar-refractivity contribution in [3.63, 3.8) is 0 Å². The van der Waals surface area contributed by atoms with E-state index in [0.717, 1.165) is 17.0 Å². The molecule has 1 amide bonds. The van der Waals surface area contributed by atoms with Gasteiger partial charge in [-0.2, -0.15) is 0 Å². The molecule has 0 aliphatic heterocycles. The first-order chi connectivity index (χ1) is 9.49. The summed E-state index contributed by atoms with van der Waals surface area (Å²) in [5.41, 5.74) is 14.3. The molecule has 20 heavy (non-hydrogen) atoms. The Bertz CT molecular complexity index is 633. The summed E-state index contributed by atoms with van der Waals surface area (Å²) in [6.07, 6.45) is 0. The molecule has 2 rings (SSSR count). The van der Waals surface area contributed by atoms with Gasteiger partial charge in [0.25, 0.3) is 5.91 Å². The summed E-state index contributed by atoms with van der Waals surface area (Å²) in [7, 11) is 1.60. The Kier molecular flexibility index (Phi) is 3.79. The monoisotopic (exact) mass is 271 g/mol. The Morgan fingerprint density at radius 1 is 1.10 bits per heavy atom. The first-order valence-electron chi connectivity index (χ1n) is 6.11. The molecule has 0 saturated heterocycles. The summed E-state index contributed by atoms with van der Waals surface area (Å²) in [6.45, 7) is 1.89. The van der Waals surface area contributed by atoms with Gasteiger partial charge in [-0.05, 0) is 48.9 Å². The molecule has 0 bridgehead atoms. The smallest absolute Gasteiger partial charge is 0.255 e. The van der Waals surface area contributed by atoms with Crippen LogP contribution in [0.1, 0.15) is 15.9 Å². The van der Waals surface area contributed by atoms with Gasteiger partial charge in [0.1, 0.15) is 5.75 Å². The Morgan fingerprint density at radius 3 is 2.30 bits per heavy atom. The number of nitrogens with two attached hydrogens (primary N) is 2. The SMILES string of the molecule is COc1ccc(NC(=O)c2cc(N)cc(N)c2)c(C)c1. The van der Waals surface area contributed by atoms with Crippen molar-refractivity contribution in [3.05, 3.63) is 47.5 Å². The molecule has 0 unspecified atom stereocenters. The van der Waals surface area contributed by atoms with Gasteiger partial charge in [-0.1, -0.05) is 0 Å². The zero-order valence-corrected chi connectivity index (χ0v) is 11.4. The first-order valence-corrected chi connectivity index (χ1v) is 6.11. The number of rotatable bonds is 3. The van der Waals surface area contributed by atoms with E-state index in [1.54, 1.807) is 37.4 Å². The summed E-state index contributed by atoms with van der Waals surface area (Å²) >= 11 is 0. The van der Waals surface area contributed by atoms with Gasteiger partial charge < -0.3 is 21.5 Å². The number of benzene rings is 2. The third-order valence-corrected chi connectivity index (χ3v) is 2.92. The zero-order valence-electron chi connectivity index (χ0n) is 11.4. The minimum atomic E-state index is -0.253. The Labute approximate surface area is 117 Å². The number of anilines is 3. The van der Waals surface area contributed by atoms with Crippen molar-refractivity contribution in [2.75, 3.05) is 23.9 Å². The normalized spacial score (nSPS) is 10.1. The van der Waals surface area contributed by atoms with Gasteiger partial charge in [-0.3, -0.25) is 4.79 Å². The van der Waals surface area contributed by atoms with Crippen LogP contribution in [-0.2, 0) is 0 Å². The van der Waals surface area contributed by atoms with Crippen LogP contribution >= 0.6 is 0 Å². The van der Waals surface area contributed by atoms with Crippen LogP contribution in [0.3, 0.4) is 0 Å². The van der Waals surface area contributed by atoms with Crippen molar-refractivity contribution in [1.82, 2.24) is 0 Å². The summed E-state index contributed by atoms with van der Waals surface area (Å²) in [5.74, 6) is 0.492. The van der Waals surface area contributed by atoms with E-state index in [2.05, 4.69) is 5.32 Å². The lowest BCUT2D eigenvalue weighted by Crippen LogP contribution is -2.13. The van der Waals surface area contributed by atoms with Crippen LogP contribution in [0.5, 0.6) is 5.75 Å². The molecular formula is C15H17N3O2. The number of hydrogen-bond donors (Lipinski definition) is 3. The molecule has 0 heterocycles. The minimum absolute atomic E-state index is 0.253. The highest BCUT2D eigenvalue weighted by molar-refractivity contribution is 6.05. The van der Waals surface area contributed by atoms with Gasteiger partial charge in [0.05, 0.1) is 7.11 Å². The number of nitrogen functional groups attached to an aromatic ring is 2. The molecule has 0 fully saturated rings. The Balaban J connectivity index is 2.23. The lowest BCUT2D eigenvalue weighted by atomic mass is 10.1. The van der Waals surface area contributed by atoms with Crippen molar-refractivity contribution in [1.29, 1.82) is 0 Å². The highest BCUT2D eigenvalue weighted by Crippen LogP contribution is 2.22. The first kappa shape index (κ1) is 13.7. The molecule has 0 saturated carbocycles. The Hall–Kier alpha value is -2.69. The average molecular weight is 271 g/mol. The Morgan fingerprint density at radius 2 is 1.75 bits per heavy atom. The van der Waals surface area contributed by atoms with Gasteiger partial charge >= 0.3 is 0 Å². The quantitative estimate of drug-likeness (QED) is 0.748. The second-order valence-electron chi connectivity index (χ2n) is 4.52. The molecule has 2 aromatic carbocycles. The van der Waals surface area contributed by atoms with Gasteiger partial charge in [-0.15, -0.1) is 0 Å². The second kappa shape index (κ2) is 5.52. The number of hydrogen-bond acceptors (Lipinski definition) is 4. The molecule has 0 aliphatic rings. The summed E-state index contributed by atoms with van der Waals surface area (Å²) in [5, 5.41) is 2.83. The number of carbonyl (C=O) groups excluding carboxylic acids is 1. The van der Waals surface area contributed by atoms with Crippen molar-refractivity contribution in [2.24, 2.45) is 0 Å². The van der Waals surface area contributed by atoms with Crippen LogP contribution in [0.25, 0.3) is 0 Å². The number of carbonyl (C=O) groups is 1. The molecule has 0 aromatic heterocycles. The molecule has 0 spiro atoms. The molecular weight excluding hydrogens is 254 g/mol. The summed E-state index contributed by atoms with van der Waals surface area (Å²) in [6, 6.07) is 10.2. The average Bonchev–Trinajstić information content (AvgIpc) is 2.39. The highest BCUT2D eigenvalue weighted by Gasteiger charge is 2.09. The van der Waals surface area contributed by atoms with Crippen LogP contribution in [0, 0.1) is 6.92 Å². The van der Waals surface area contributed by atoms with Crippen LogP contribution in [-0.4, -0.2) is 13.0 Å². The molecule has 0 aliphatic carbocycles. The predicted molar refractivity (Wildman–Crippen MR) is 81.0 cm³/mol. The van der Waals surface area contributed by atoms with Gasteiger partial charge in [0, 0.05) is 22.6 Å². The van der Waals surface area contributed by atoms with E-state index in [9.17, 15) is 4.79 Å². The van der Waals surface area contributed by atoms with E-state index in [0.29, 0.717) is 16.9 Å². The maximum atomic E-state index is 12.2. The molecule has 2 aromatic rings. The minimum Gasteiger partial charge on any atom is -0.497 e. The van der Waals surface area contributed by atoms with Crippen molar-refractivity contribution >= 4 is 23.0 Å². The maximum absolute atomic E-state index is 12.2. The van der Waals surface area contributed by atoms with E-state index in [4.69, 9.17) is 16.2 Å². The fraction of sp³-hybridized carbons (Fsp3) is 0.133. The number of amides is 1.